The molecule has 110 valence electrons. The fourth-order valence-corrected chi connectivity index (χ4v) is 2.74. The Balaban J connectivity index is 1.68. The van der Waals surface area contributed by atoms with Crippen LogP contribution in [-0.4, -0.2) is 34.7 Å². The number of nitrogens with zero attached hydrogens (tertiary/aromatic N) is 2. The first-order valence-electron chi connectivity index (χ1n) is 7.24. The maximum absolute atomic E-state index is 9.60. The molecule has 2 aromatic rings. The third-order valence-corrected chi connectivity index (χ3v) is 3.73. The van der Waals surface area contributed by atoms with E-state index in [1.807, 2.05) is 24.5 Å². The Morgan fingerprint density at radius 2 is 2.24 bits per heavy atom. The molecule has 4 heteroatoms. The Bertz CT molecular complexity index is 615. The number of aromatic hydroxyl groups is 1. The highest BCUT2D eigenvalue weighted by Crippen LogP contribution is 2.25. The molecule has 1 N–H and O–H groups in total. The van der Waals surface area contributed by atoms with Crippen LogP contribution in [0, 0.1) is 6.92 Å². The fraction of sp³-hybridized carbons (Fsp3) is 0.353. The van der Waals surface area contributed by atoms with E-state index in [0.717, 1.165) is 25.2 Å². The SMILES string of the molecule is Cc1cncc(CN2CCO[C@@H](c3cccc(O)c3)C2)c1. The van der Waals surface area contributed by atoms with Gasteiger partial charge in [0.15, 0.2) is 0 Å². The van der Waals surface area contributed by atoms with Crippen LogP contribution in [0.25, 0.3) is 0 Å². The molecule has 2 heterocycles. The van der Waals surface area contributed by atoms with E-state index in [-0.39, 0.29) is 11.9 Å². The zero-order valence-corrected chi connectivity index (χ0v) is 12.2. The van der Waals surface area contributed by atoms with Crippen LogP contribution in [0.3, 0.4) is 0 Å². The average molecular weight is 284 g/mol. The molecule has 1 aromatic carbocycles. The van der Waals surface area contributed by atoms with Gasteiger partial charge in [-0.3, -0.25) is 9.88 Å². The van der Waals surface area contributed by atoms with Crippen LogP contribution in [0.4, 0.5) is 0 Å². The normalized spacial score (nSPS) is 19.6. The van der Waals surface area contributed by atoms with E-state index in [4.69, 9.17) is 4.74 Å². The second kappa shape index (κ2) is 6.24. The minimum atomic E-state index is 0.0172. The molecule has 0 saturated carbocycles. The molecule has 0 spiro atoms. The summed E-state index contributed by atoms with van der Waals surface area (Å²) in [5.74, 6) is 0.288. The van der Waals surface area contributed by atoms with Crippen LogP contribution < -0.4 is 0 Å². The molecule has 1 aromatic heterocycles. The molecule has 1 atom stereocenters. The maximum Gasteiger partial charge on any atom is 0.115 e. The molecule has 21 heavy (non-hydrogen) atoms. The largest absolute Gasteiger partial charge is 0.508 e. The van der Waals surface area contributed by atoms with Crippen molar-refractivity contribution in [1.82, 2.24) is 9.88 Å². The number of phenols is 1. The van der Waals surface area contributed by atoms with E-state index in [2.05, 4.69) is 22.9 Å². The molecule has 0 unspecified atom stereocenters. The summed E-state index contributed by atoms with van der Waals surface area (Å²) < 4.78 is 5.84. The van der Waals surface area contributed by atoms with Crippen LogP contribution >= 0.6 is 0 Å². The van der Waals surface area contributed by atoms with Gasteiger partial charge in [0, 0.05) is 32.0 Å². The molecule has 1 aliphatic rings. The monoisotopic (exact) mass is 284 g/mol. The van der Waals surface area contributed by atoms with Crippen LogP contribution in [-0.2, 0) is 11.3 Å². The first kappa shape index (κ1) is 14.0. The molecule has 0 bridgehead atoms. The van der Waals surface area contributed by atoms with Crippen molar-refractivity contribution in [3.05, 3.63) is 59.4 Å². The third-order valence-electron chi connectivity index (χ3n) is 3.73. The Labute approximate surface area is 125 Å². The van der Waals surface area contributed by atoms with Crippen LogP contribution in [0.2, 0.25) is 0 Å². The Morgan fingerprint density at radius 1 is 1.33 bits per heavy atom. The number of pyridine rings is 1. The molecule has 1 fully saturated rings. The Kier molecular flexibility index (Phi) is 4.18. The highest BCUT2D eigenvalue weighted by Gasteiger charge is 2.22. The minimum Gasteiger partial charge on any atom is -0.508 e. The van der Waals surface area contributed by atoms with E-state index in [0.29, 0.717) is 6.61 Å². The average Bonchev–Trinajstić information content (AvgIpc) is 2.47. The van der Waals surface area contributed by atoms with E-state index >= 15 is 0 Å². The lowest BCUT2D eigenvalue weighted by molar-refractivity contribution is -0.0330. The lowest BCUT2D eigenvalue weighted by atomic mass is 10.1. The zero-order valence-electron chi connectivity index (χ0n) is 12.2. The van der Waals surface area contributed by atoms with E-state index in [1.54, 1.807) is 12.1 Å². The number of benzene rings is 1. The highest BCUT2D eigenvalue weighted by molar-refractivity contribution is 5.29. The van der Waals surface area contributed by atoms with Crippen molar-refractivity contribution in [2.24, 2.45) is 0 Å². The standard InChI is InChI=1S/C17H20N2O2/c1-13-7-14(10-18-9-13)11-19-5-6-21-17(12-19)15-3-2-4-16(20)8-15/h2-4,7-10,17,20H,5-6,11-12H2,1H3/t17-/m1/s1. The van der Waals surface area contributed by atoms with Crippen molar-refractivity contribution in [2.75, 3.05) is 19.7 Å². The van der Waals surface area contributed by atoms with Crippen molar-refractivity contribution in [2.45, 2.75) is 19.6 Å². The zero-order chi connectivity index (χ0) is 14.7. The number of aromatic nitrogens is 1. The number of ether oxygens (including phenoxy) is 1. The number of hydrogen-bond acceptors (Lipinski definition) is 4. The van der Waals surface area contributed by atoms with Crippen molar-refractivity contribution in [1.29, 1.82) is 0 Å². The minimum absolute atomic E-state index is 0.0172. The summed E-state index contributed by atoms with van der Waals surface area (Å²) in [6.45, 7) is 5.40. The lowest BCUT2D eigenvalue weighted by Gasteiger charge is -2.33. The molecule has 0 aliphatic carbocycles. The van der Waals surface area contributed by atoms with Gasteiger partial charge in [0.05, 0.1) is 12.7 Å². The van der Waals surface area contributed by atoms with Crippen molar-refractivity contribution in [3.8, 4) is 5.75 Å². The quantitative estimate of drug-likeness (QED) is 0.941. The fourth-order valence-electron chi connectivity index (χ4n) is 2.74. The summed E-state index contributed by atoms with van der Waals surface area (Å²) >= 11 is 0. The lowest BCUT2D eigenvalue weighted by Crippen LogP contribution is -2.37. The number of hydrogen-bond donors (Lipinski definition) is 1. The number of morpholine rings is 1. The predicted octanol–water partition coefficient (Wildman–Crippen LogP) is 2.67. The third kappa shape index (κ3) is 3.60. The van der Waals surface area contributed by atoms with Crippen LogP contribution in [0.15, 0.2) is 42.7 Å². The first-order valence-corrected chi connectivity index (χ1v) is 7.24. The summed E-state index contributed by atoms with van der Waals surface area (Å²) in [5, 5.41) is 9.60. The van der Waals surface area contributed by atoms with E-state index in [1.165, 1.54) is 11.1 Å². The van der Waals surface area contributed by atoms with Gasteiger partial charge in [0.1, 0.15) is 5.75 Å². The van der Waals surface area contributed by atoms with Crippen LogP contribution in [0.5, 0.6) is 5.75 Å². The molecule has 0 amide bonds. The van der Waals surface area contributed by atoms with Crippen molar-refractivity contribution >= 4 is 0 Å². The smallest absolute Gasteiger partial charge is 0.115 e. The summed E-state index contributed by atoms with van der Waals surface area (Å²) in [7, 11) is 0. The second-order valence-corrected chi connectivity index (χ2v) is 5.56. The summed E-state index contributed by atoms with van der Waals surface area (Å²) in [6.07, 6.45) is 3.81. The van der Waals surface area contributed by atoms with Gasteiger partial charge in [0.2, 0.25) is 0 Å². The number of rotatable bonds is 3. The maximum atomic E-state index is 9.60. The molecule has 0 radical (unpaired) electrons. The van der Waals surface area contributed by atoms with E-state index < -0.39 is 0 Å². The summed E-state index contributed by atoms with van der Waals surface area (Å²) in [6, 6.07) is 9.50. The van der Waals surface area contributed by atoms with Gasteiger partial charge >= 0.3 is 0 Å². The van der Waals surface area contributed by atoms with Gasteiger partial charge in [-0.1, -0.05) is 18.2 Å². The molecule has 4 nitrogen and oxygen atoms in total. The van der Waals surface area contributed by atoms with Gasteiger partial charge in [-0.2, -0.15) is 0 Å². The summed E-state index contributed by atoms with van der Waals surface area (Å²) in [5.41, 5.74) is 3.44. The second-order valence-electron chi connectivity index (χ2n) is 5.56. The van der Waals surface area contributed by atoms with Gasteiger partial charge < -0.3 is 9.84 Å². The number of phenolic OH excluding ortho intramolecular Hbond substituents is 1. The molecule has 1 aliphatic heterocycles. The topological polar surface area (TPSA) is 45.6 Å². The van der Waals surface area contributed by atoms with Gasteiger partial charge in [0.25, 0.3) is 0 Å². The predicted molar refractivity (Wildman–Crippen MR) is 81.1 cm³/mol. The first-order chi connectivity index (χ1) is 10.2. The van der Waals surface area contributed by atoms with Gasteiger partial charge in [-0.15, -0.1) is 0 Å². The molecule has 1 saturated heterocycles. The molecular formula is C17H20N2O2. The molecule has 3 rings (SSSR count). The van der Waals surface area contributed by atoms with Crippen LogP contribution in [0.1, 0.15) is 22.8 Å². The number of aryl methyl sites for hydroxylation is 1. The highest BCUT2D eigenvalue weighted by atomic mass is 16.5. The summed E-state index contributed by atoms with van der Waals surface area (Å²) in [4.78, 5) is 6.62. The molecular weight excluding hydrogens is 264 g/mol. The Hall–Kier alpha value is -1.91. The van der Waals surface area contributed by atoms with Crippen molar-refractivity contribution < 1.29 is 9.84 Å². The van der Waals surface area contributed by atoms with Crippen molar-refractivity contribution in [3.63, 3.8) is 0 Å². The van der Waals surface area contributed by atoms with Gasteiger partial charge in [-0.05, 0) is 35.7 Å². The van der Waals surface area contributed by atoms with E-state index in [9.17, 15) is 5.11 Å². The van der Waals surface area contributed by atoms with Gasteiger partial charge in [-0.25, -0.2) is 0 Å². The Morgan fingerprint density at radius 3 is 3.05 bits per heavy atom.